The first-order valence-electron chi connectivity index (χ1n) is 11.9. The number of carbonyl (C=O) groups is 1. The molecule has 1 amide bonds. The standard InChI is InChI=1S/C26H36N2O/c1-2-6-23-18-13-25(20-7-4-3-5-8-20)14-19(23)16-26(15-18,17-25)24(29)28-22-11-9-21(27)10-12-22/h3-8,18-19,21-22H,2,9-17,27H2,1H3,(H,28,29). The van der Waals surface area contributed by atoms with Crippen LogP contribution in [0.15, 0.2) is 42.0 Å². The average molecular weight is 393 g/mol. The highest BCUT2D eigenvalue weighted by Crippen LogP contribution is 2.67. The van der Waals surface area contributed by atoms with Crippen LogP contribution in [-0.4, -0.2) is 18.0 Å². The van der Waals surface area contributed by atoms with Crippen LogP contribution < -0.4 is 11.1 Å². The SMILES string of the molecule is CCC=C1C2CC3(C(=O)NC4CCC(N)CC4)CC1CC(c1ccccc1)(C2)C3. The van der Waals surface area contributed by atoms with Crippen LogP contribution in [0.2, 0.25) is 0 Å². The van der Waals surface area contributed by atoms with Crippen LogP contribution in [0, 0.1) is 17.3 Å². The summed E-state index contributed by atoms with van der Waals surface area (Å²) in [4.78, 5) is 13.7. The zero-order chi connectivity index (χ0) is 20.1. The van der Waals surface area contributed by atoms with Crippen molar-refractivity contribution in [1.82, 2.24) is 5.32 Å². The molecule has 1 aromatic rings. The lowest BCUT2D eigenvalue weighted by Crippen LogP contribution is -2.60. The van der Waals surface area contributed by atoms with Crippen LogP contribution in [0.5, 0.6) is 0 Å². The van der Waals surface area contributed by atoms with Gasteiger partial charge in [-0.3, -0.25) is 4.79 Å². The molecular formula is C26H36N2O. The molecule has 0 heterocycles. The normalized spacial score (nSPS) is 40.7. The first-order valence-corrected chi connectivity index (χ1v) is 11.9. The lowest BCUT2D eigenvalue weighted by Gasteiger charge is -2.62. The molecule has 2 atom stereocenters. The molecule has 4 bridgehead atoms. The Labute approximate surface area is 175 Å². The van der Waals surface area contributed by atoms with Crippen molar-refractivity contribution in [2.45, 2.75) is 88.6 Å². The van der Waals surface area contributed by atoms with Crippen molar-refractivity contribution < 1.29 is 4.79 Å². The van der Waals surface area contributed by atoms with Gasteiger partial charge >= 0.3 is 0 Å². The zero-order valence-electron chi connectivity index (χ0n) is 17.8. The van der Waals surface area contributed by atoms with Gasteiger partial charge in [-0.1, -0.05) is 48.9 Å². The van der Waals surface area contributed by atoms with Gasteiger partial charge in [0.05, 0.1) is 5.41 Å². The maximum Gasteiger partial charge on any atom is 0.226 e. The number of nitrogens with one attached hydrogen (secondary N) is 1. The van der Waals surface area contributed by atoms with Crippen LogP contribution in [0.25, 0.3) is 0 Å². The van der Waals surface area contributed by atoms with Crippen LogP contribution in [0.3, 0.4) is 0 Å². The monoisotopic (exact) mass is 392 g/mol. The van der Waals surface area contributed by atoms with Gasteiger partial charge < -0.3 is 11.1 Å². The molecule has 1 aromatic carbocycles. The van der Waals surface area contributed by atoms with E-state index in [1.807, 2.05) is 0 Å². The fourth-order valence-electron chi connectivity index (χ4n) is 7.51. The molecule has 29 heavy (non-hydrogen) atoms. The third-order valence-electron chi connectivity index (χ3n) is 8.58. The fraction of sp³-hybridized carbons (Fsp3) is 0.654. The molecule has 5 saturated carbocycles. The third-order valence-corrected chi connectivity index (χ3v) is 8.58. The van der Waals surface area contributed by atoms with Gasteiger partial charge in [0, 0.05) is 12.1 Å². The lowest BCUT2D eigenvalue weighted by molar-refractivity contribution is -0.145. The molecule has 0 saturated heterocycles. The van der Waals surface area contributed by atoms with Crippen LogP contribution in [-0.2, 0) is 10.2 Å². The van der Waals surface area contributed by atoms with Gasteiger partial charge in [0.1, 0.15) is 0 Å². The van der Waals surface area contributed by atoms with E-state index in [1.165, 1.54) is 18.4 Å². The Morgan fingerprint density at radius 1 is 1.07 bits per heavy atom. The van der Waals surface area contributed by atoms with E-state index in [1.54, 1.807) is 5.57 Å². The van der Waals surface area contributed by atoms with E-state index in [0.29, 0.717) is 29.8 Å². The van der Waals surface area contributed by atoms with E-state index in [0.717, 1.165) is 51.4 Å². The Bertz CT molecular complexity index is 772. The van der Waals surface area contributed by atoms with Crippen LogP contribution in [0.4, 0.5) is 0 Å². The molecule has 5 aliphatic rings. The summed E-state index contributed by atoms with van der Waals surface area (Å²) < 4.78 is 0. The molecule has 3 heteroatoms. The van der Waals surface area contributed by atoms with E-state index in [4.69, 9.17) is 5.73 Å². The van der Waals surface area contributed by atoms with Gasteiger partial charge in [0.15, 0.2) is 0 Å². The highest BCUT2D eigenvalue weighted by Gasteiger charge is 2.62. The molecule has 3 nitrogen and oxygen atoms in total. The Kier molecular flexibility index (Phi) is 4.85. The van der Waals surface area contributed by atoms with E-state index < -0.39 is 0 Å². The maximum atomic E-state index is 13.7. The second-order valence-electron chi connectivity index (χ2n) is 10.5. The molecule has 5 aliphatic carbocycles. The molecule has 6 rings (SSSR count). The number of hydrogen-bond donors (Lipinski definition) is 2. The fourth-order valence-corrected chi connectivity index (χ4v) is 7.51. The number of rotatable bonds is 4. The predicted molar refractivity (Wildman–Crippen MR) is 117 cm³/mol. The summed E-state index contributed by atoms with van der Waals surface area (Å²) in [5.41, 5.74) is 9.23. The molecule has 5 fully saturated rings. The van der Waals surface area contributed by atoms with E-state index in [9.17, 15) is 4.79 Å². The molecule has 3 N–H and O–H groups in total. The number of amides is 1. The summed E-state index contributed by atoms with van der Waals surface area (Å²) >= 11 is 0. The molecule has 0 aromatic heterocycles. The van der Waals surface area contributed by atoms with Crippen molar-refractivity contribution in [2.24, 2.45) is 23.0 Å². The van der Waals surface area contributed by atoms with Crippen molar-refractivity contribution in [1.29, 1.82) is 0 Å². The summed E-state index contributed by atoms with van der Waals surface area (Å²) in [7, 11) is 0. The lowest BCUT2D eigenvalue weighted by atomic mass is 9.41. The van der Waals surface area contributed by atoms with Crippen molar-refractivity contribution in [3.63, 3.8) is 0 Å². The van der Waals surface area contributed by atoms with E-state index >= 15 is 0 Å². The minimum atomic E-state index is -0.174. The zero-order valence-corrected chi connectivity index (χ0v) is 17.8. The Hall–Kier alpha value is -1.61. The topological polar surface area (TPSA) is 55.1 Å². The number of carbonyl (C=O) groups excluding carboxylic acids is 1. The minimum Gasteiger partial charge on any atom is -0.353 e. The largest absolute Gasteiger partial charge is 0.353 e. The van der Waals surface area contributed by atoms with Gasteiger partial charge in [0.2, 0.25) is 5.91 Å². The Balaban J connectivity index is 1.44. The molecule has 0 spiro atoms. The third kappa shape index (κ3) is 3.26. The second-order valence-corrected chi connectivity index (χ2v) is 10.5. The molecule has 156 valence electrons. The molecule has 2 unspecified atom stereocenters. The van der Waals surface area contributed by atoms with Gasteiger partial charge in [-0.25, -0.2) is 0 Å². The average Bonchev–Trinajstić information content (AvgIpc) is 2.72. The number of nitrogens with two attached hydrogens (primary N) is 1. The highest BCUT2D eigenvalue weighted by atomic mass is 16.2. The predicted octanol–water partition coefficient (Wildman–Crippen LogP) is 4.86. The van der Waals surface area contributed by atoms with Gasteiger partial charge in [-0.05, 0) is 87.0 Å². The Morgan fingerprint density at radius 3 is 2.34 bits per heavy atom. The second kappa shape index (κ2) is 7.27. The summed E-state index contributed by atoms with van der Waals surface area (Å²) in [5.74, 6) is 1.52. The molecular weight excluding hydrogens is 356 g/mol. The smallest absolute Gasteiger partial charge is 0.226 e. The van der Waals surface area contributed by atoms with E-state index in [2.05, 4.69) is 48.6 Å². The van der Waals surface area contributed by atoms with Crippen molar-refractivity contribution >= 4 is 5.91 Å². The van der Waals surface area contributed by atoms with Gasteiger partial charge in [0.25, 0.3) is 0 Å². The van der Waals surface area contributed by atoms with Crippen molar-refractivity contribution in [3.05, 3.63) is 47.5 Å². The summed E-state index contributed by atoms with van der Waals surface area (Å²) in [5, 5.41) is 3.50. The van der Waals surface area contributed by atoms with Crippen molar-refractivity contribution in [3.8, 4) is 0 Å². The van der Waals surface area contributed by atoms with Crippen LogP contribution in [0.1, 0.15) is 76.7 Å². The summed E-state index contributed by atoms with van der Waals surface area (Å²) in [6, 6.07) is 11.7. The Morgan fingerprint density at radius 2 is 1.72 bits per heavy atom. The van der Waals surface area contributed by atoms with E-state index in [-0.39, 0.29) is 10.8 Å². The summed E-state index contributed by atoms with van der Waals surface area (Å²) in [6.45, 7) is 2.25. The van der Waals surface area contributed by atoms with Crippen molar-refractivity contribution in [2.75, 3.05) is 0 Å². The number of hydrogen-bond acceptors (Lipinski definition) is 2. The number of allylic oxidation sites excluding steroid dienone is 2. The molecule has 0 aliphatic heterocycles. The van der Waals surface area contributed by atoms with Gasteiger partial charge in [-0.15, -0.1) is 0 Å². The number of benzene rings is 1. The summed E-state index contributed by atoms with van der Waals surface area (Å²) in [6.07, 6.45) is 13.4. The highest BCUT2D eigenvalue weighted by molar-refractivity contribution is 5.84. The van der Waals surface area contributed by atoms with Gasteiger partial charge in [-0.2, -0.15) is 0 Å². The quantitative estimate of drug-likeness (QED) is 0.719. The first-order chi connectivity index (χ1) is 14.0. The first kappa shape index (κ1) is 19.4. The molecule has 0 radical (unpaired) electrons. The maximum absolute atomic E-state index is 13.7. The van der Waals surface area contributed by atoms with Crippen LogP contribution >= 0.6 is 0 Å². The minimum absolute atomic E-state index is 0.174.